The number of ether oxygens (including phenoxy) is 1. The van der Waals surface area contributed by atoms with Gasteiger partial charge in [0.25, 0.3) is 11.5 Å². The molecule has 30 heavy (non-hydrogen) atoms. The molecule has 0 atom stereocenters. The standard InChI is InChI=1S/C22H28ClN3O3.ClH/c1-14(2)29-19-5-4-17(23)12-16(19)13-25-21(27)20-15(3)8-11-26(22(20)28)18-6-9-24-10-7-18;/h4-5,8,11-12,14,18,24H,6-7,9-10,13H2,1-3H3,(H,25,27);1H. The highest BCUT2D eigenvalue weighted by Crippen LogP contribution is 2.24. The van der Waals surface area contributed by atoms with Crippen LogP contribution < -0.4 is 20.9 Å². The van der Waals surface area contributed by atoms with Gasteiger partial charge in [-0.2, -0.15) is 0 Å². The topological polar surface area (TPSA) is 72.4 Å². The lowest BCUT2D eigenvalue weighted by molar-refractivity contribution is 0.0947. The lowest BCUT2D eigenvalue weighted by atomic mass is 10.0. The van der Waals surface area contributed by atoms with E-state index in [-0.39, 0.29) is 48.1 Å². The van der Waals surface area contributed by atoms with Crippen LogP contribution in [0.5, 0.6) is 5.75 Å². The maximum absolute atomic E-state index is 13.0. The Hall–Kier alpha value is -2.02. The molecule has 164 valence electrons. The number of carbonyl (C=O) groups is 1. The van der Waals surface area contributed by atoms with Crippen LogP contribution in [-0.4, -0.2) is 29.7 Å². The molecule has 2 N–H and O–H groups in total. The van der Waals surface area contributed by atoms with E-state index in [0.717, 1.165) is 31.5 Å². The van der Waals surface area contributed by atoms with Crippen LogP contribution in [0.1, 0.15) is 54.2 Å². The Labute approximate surface area is 188 Å². The third-order valence-corrected chi connectivity index (χ3v) is 5.32. The van der Waals surface area contributed by atoms with E-state index in [4.69, 9.17) is 16.3 Å². The second-order valence-corrected chi connectivity index (χ2v) is 8.11. The Kier molecular flexibility index (Phi) is 8.77. The number of aryl methyl sites for hydroxylation is 1. The van der Waals surface area contributed by atoms with Crippen molar-refractivity contribution < 1.29 is 9.53 Å². The SMILES string of the molecule is Cc1ccn(C2CCNCC2)c(=O)c1C(=O)NCc1cc(Cl)ccc1OC(C)C.Cl. The van der Waals surface area contributed by atoms with Crippen LogP contribution in [0.2, 0.25) is 5.02 Å². The number of nitrogens with one attached hydrogen (secondary N) is 2. The minimum atomic E-state index is -0.383. The first kappa shape index (κ1) is 24.3. The van der Waals surface area contributed by atoms with Gasteiger partial charge in [-0.3, -0.25) is 9.59 Å². The van der Waals surface area contributed by atoms with E-state index in [2.05, 4.69) is 10.6 Å². The van der Waals surface area contributed by atoms with Crippen molar-refractivity contribution in [2.75, 3.05) is 13.1 Å². The number of nitrogens with zero attached hydrogens (tertiary/aromatic N) is 1. The first-order valence-electron chi connectivity index (χ1n) is 10.0. The van der Waals surface area contributed by atoms with E-state index in [0.29, 0.717) is 16.3 Å². The molecule has 0 radical (unpaired) electrons. The van der Waals surface area contributed by atoms with E-state index in [1.165, 1.54) is 0 Å². The Morgan fingerprint density at radius 2 is 2.00 bits per heavy atom. The molecule has 0 unspecified atom stereocenters. The van der Waals surface area contributed by atoms with Crippen LogP contribution in [0.3, 0.4) is 0 Å². The van der Waals surface area contributed by atoms with Gasteiger partial charge in [0, 0.05) is 29.4 Å². The van der Waals surface area contributed by atoms with Crippen molar-refractivity contribution in [1.29, 1.82) is 0 Å². The van der Waals surface area contributed by atoms with Gasteiger partial charge in [0.15, 0.2) is 0 Å². The summed E-state index contributed by atoms with van der Waals surface area (Å²) in [5.74, 6) is 0.285. The lowest BCUT2D eigenvalue weighted by Crippen LogP contribution is -2.38. The third-order valence-electron chi connectivity index (χ3n) is 5.08. The zero-order valence-corrected chi connectivity index (χ0v) is 19.1. The molecule has 6 nitrogen and oxygen atoms in total. The van der Waals surface area contributed by atoms with Crippen LogP contribution in [0.15, 0.2) is 35.3 Å². The zero-order chi connectivity index (χ0) is 21.0. The molecular weight excluding hydrogens is 425 g/mol. The smallest absolute Gasteiger partial charge is 0.263 e. The second kappa shape index (κ2) is 10.8. The number of halogens is 2. The van der Waals surface area contributed by atoms with Gasteiger partial charge in [-0.1, -0.05) is 11.6 Å². The first-order chi connectivity index (χ1) is 13.9. The molecule has 0 saturated carbocycles. The minimum Gasteiger partial charge on any atom is -0.491 e. The Morgan fingerprint density at radius 3 is 2.67 bits per heavy atom. The van der Waals surface area contributed by atoms with Gasteiger partial charge in [0.1, 0.15) is 11.3 Å². The van der Waals surface area contributed by atoms with Crippen LogP contribution in [-0.2, 0) is 6.54 Å². The first-order valence-corrected chi connectivity index (χ1v) is 10.4. The van der Waals surface area contributed by atoms with E-state index in [1.54, 1.807) is 35.9 Å². The van der Waals surface area contributed by atoms with E-state index < -0.39 is 0 Å². The average Bonchev–Trinajstić information content (AvgIpc) is 2.68. The van der Waals surface area contributed by atoms with Crippen molar-refractivity contribution in [1.82, 2.24) is 15.2 Å². The van der Waals surface area contributed by atoms with Crippen LogP contribution >= 0.6 is 24.0 Å². The summed E-state index contributed by atoms with van der Waals surface area (Å²) in [5.41, 5.74) is 1.40. The fourth-order valence-corrected chi connectivity index (χ4v) is 3.80. The largest absolute Gasteiger partial charge is 0.491 e. The molecule has 8 heteroatoms. The van der Waals surface area contributed by atoms with Gasteiger partial charge in [0.05, 0.1) is 6.10 Å². The summed E-state index contributed by atoms with van der Waals surface area (Å²) in [6.45, 7) is 7.64. The number of piperidine rings is 1. The second-order valence-electron chi connectivity index (χ2n) is 7.67. The quantitative estimate of drug-likeness (QED) is 0.695. The maximum Gasteiger partial charge on any atom is 0.263 e. The van der Waals surface area contributed by atoms with Gasteiger partial charge in [-0.25, -0.2) is 0 Å². The molecule has 2 heterocycles. The predicted molar refractivity (Wildman–Crippen MR) is 122 cm³/mol. The Balaban J connectivity index is 0.00000320. The van der Waals surface area contributed by atoms with Gasteiger partial charge >= 0.3 is 0 Å². The number of aromatic nitrogens is 1. The molecule has 1 fully saturated rings. The van der Waals surface area contributed by atoms with Crippen molar-refractivity contribution in [2.24, 2.45) is 0 Å². The third kappa shape index (κ3) is 5.78. The van der Waals surface area contributed by atoms with E-state index in [9.17, 15) is 9.59 Å². The molecular formula is C22H29Cl2N3O3. The predicted octanol–water partition coefficient (Wildman–Crippen LogP) is 3.87. The number of amides is 1. The molecule has 0 spiro atoms. The number of hydrogen-bond donors (Lipinski definition) is 2. The van der Waals surface area contributed by atoms with Crippen molar-refractivity contribution in [3.63, 3.8) is 0 Å². The van der Waals surface area contributed by atoms with Crippen molar-refractivity contribution in [2.45, 2.75) is 52.3 Å². The monoisotopic (exact) mass is 453 g/mol. The number of carbonyl (C=O) groups excluding carboxylic acids is 1. The number of rotatable bonds is 6. The number of pyridine rings is 1. The molecule has 3 rings (SSSR count). The summed E-state index contributed by atoms with van der Waals surface area (Å²) in [5, 5.41) is 6.73. The summed E-state index contributed by atoms with van der Waals surface area (Å²) in [6, 6.07) is 7.27. The highest BCUT2D eigenvalue weighted by Gasteiger charge is 2.21. The molecule has 2 aromatic rings. The molecule has 1 aromatic carbocycles. The molecule has 1 aliphatic heterocycles. The maximum atomic E-state index is 13.0. The van der Waals surface area contributed by atoms with Crippen LogP contribution in [0.25, 0.3) is 0 Å². The van der Waals surface area contributed by atoms with Gasteiger partial charge in [-0.15, -0.1) is 12.4 Å². The summed E-state index contributed by atoms with van der Waals surface area (Å²) in [4.78, 5) is 25.9. The molecule has 1 aromatic heterocycles. The van der Waals surface area contributed by atoms with Gasteiger partial charge in [0.2, 0.25) is 0 Å². The van der Waals surface area contributed by atoms with E-state index >= 15 is 0 Å². The highest BCUT2D eigenvalue weighted by atomic mass is 35.5. The molecule has 1 saturated heterocycles. The summed E-state index contributed by atoms with van der Waals surface area (Å²) in [6.07, 6.45) is 3.56. The molecule has 1 aliphatic rings. The summed E-state index contributed by atoms with van der Waals surface area (Å²) >= 11 is 6.12. The normalized spacial score (nSPS) is 14.3. The van der Waals surface area contributed by atoms with E-state index in [1.807, 2.05) is 19.9 Å². The van der Waals surface area contributed by atoms with Crippen LogP contribution in [0.4, 0.5) is 0 Å². The fourth-order valence-electron chi connectivity index (χ4n) is 3.61. The van der Waals surface area contributed by atoms with Crippen molar-refractivity contribution in [3.05, 3.63) is 62.5 Å². The number of hydrogen-bond acceptors (Lipinski definition) is 4. The van der Waals surface area contributed by atoms with Gasteiger partial charge in [-0.05, 0) is 76.5 Å². The van der Waals surface area contributed by atoms with Crippen molar-refractivity contribution >= 4 is 29.9 Å². The fraction of sp³-hybridized carbons (Fsp3) is 0.455. The molecule has 1 amide bonds. The zero-order valence-electron chi connectivity index (χ0n) is 17.5. The highest BCUT2D eigenvalue weighted by molar-refractivity contribution is 6.30. The lowest BCUT2D eigenvalue weighted by Gasteiger charge is -2.25. The molecule has 0 aliphatic carbocycles. The summed E-state index contributed by atoms with van der Waals surface area (Å²) < 4.78 is 7.51. The van der Waals surface area contributed by atoms with Crippen LogP contribution in [0, 0.1) is 6.92 Å². The van der Waals surface area contributed by atoms with Crippen molar-refractivity contribution in [3.8, 4) is 5.75 Å². The number of benzene rings is 1. The molecule has 0 bridgehead atoms. The minimum absolute atomic E-state index is 0. The average molecular weight is 454 g/mol. The van der Waals surface area contributed by atoms with Gasteiger partial charge < -0.3 is 19.9 Å². The Morgan fingerprint density at radius 1 is 1.30 bits per heavy atom. The Bertz CT molecular complexity index is 938. The summed E-state index contributed by atoms with van der Waals surface area (Å²) in [7, 11) is 0.